The van der Waals surface area contributed by atoms with Gasteiger partial charge in [0.15, 0.2) is 5.13 Å². The zero-order chi connectivity index (χ0) is 25.5. The normalized spacial score (nSPS) is 11.5. The summed E-state index contributed by atoms with van der Waals surface area (Å²) in [5, 5.41) is 8.06. The summed E-state index contributed by atoms with van der Waals surface area (Å²) in [6.07, 6.45) is 0.646. The van der Waals surface area contributed by atoms with Crippen molar-refractivity contribution >= 4 is 45.7 Å². The molecule has 184 valence electrons. The van der Waals surface area contributed by atoms with Crippen LogP contribution >= 0.6 is 23.1 Å². The number of nitrogens with zero attached hydrogens (tertiary/aromatic N) is 1. The Kier molecular flexibility index (Phi) is 8.40. The topological polar surface area (TPSA) is 80.3 Å². The number of hydrogen-bond acceptors (Lipinski definition) is 6. The number of methoxy groups -OCH3 is 1. The summed E-state index contributed by atoms with van der Waals surface area (Å²) in [6, 6.07) is 22.6. The smallest absolute Gasteiger partial charge is 0.255 e. The predicted molar refractivity (Wildman–Crippen MR) is 148 cm³/mol. The van der Waals surface area contributed by atoms with Gasteiger partial charge in [0.05, 0.1) is 18.1 Å². The first kappa shape index (κ1) is 25.5. The van der Waals surface area contributed by atoms with Gasteiger partial charge in [-0.1, -0.05) is 30.7 Å². The lowest BCUT2D eigenvalue weighted by molar-refractivity contribution is -0.115. The minimum Gasteiger partial charge on any atom is -0.497 e. The van der Waals surface area contributed by atoms with Gasteiger partial charge in [0.2, 0.25) is 5.91 Å². The van der Waals surface area contributed by atoms with Gasteiger partial charge < -0.3 is 15.4 Å². The molecule has 1 atom stereocenters. The van der Waals surface area contributed by atoms with Gasteiger partial charge in [-0.3, -0.25) is 9.59 Å². The highest BCUT2D eigenvalue weighted by molar-refractivity contribution is 8.00. The van der Waals surface area contributed by atoms with Crippen LogP contribution in [0, 0.1) is 6.92 Å². The molecule has 0 fully saturated rings. The predicted octanol–water partition coefficient (Wildman–Crippen LogP) is 6.89. The molecular weight excluding hydrogens is 490 g/mol. The van der Waals surface area contributed by atoms with Crippen LogP contribution in [-0.2, 0) is 4.79 Å². The van der Waals surface area contributed by atoms with Gasteiger partial charge >= 0.3 is 0 Å². The fraction of sp³-hybridized carbons (Fsp3) is 0.179. The van der Waals surface area contributed by atoms with E-state index in [0.29, 0.717) is 22.8 Å². The van der Waals surface area contributed by atoms with Crippen LogP contribution in [0.5, 0.6) is 5.75 Å². The first-order valence-electron chi connectivity index (χ1n) is 11.5. The number of rotatable bonds is 9. The van der Waals surface area contributed by atoms with E-state index in [1.165, 1.54) is 23.1 Å². The number of anilines is 2. The highest BCUT2D eigenvalue weighted by Gasteiger charge is 2.20. The van der Waals surface area contributed by atoms with Gasteiger partial charge in [-0.2, -0.15) is 0 Å². The molecule has 0 aliphatic carbocycles. The number of nitrogens with one attached hydrogen (secondary N) is 2. The number of ether oxygens (including phenoxy) is 1. The number of carbonyl (C=O) groups is 2. The highest BCUT2D eigenvalue weighted by Crippen LogP contribution is 2.30. The van der Waals surface area contributed by atoms with E-state index >= 15 is 0 Å². The van der Waals surface area contributed by atoms with E-state index in [9.17, 15) is 9.59 Å². The van der Waals surface area contributed by atoms with E-state index in [0.717, 1.165) is 27.5 Å². The molecule has 0 spiro atoms. The molecule has 4 aromatic rings. The molecule has 1 unspecified atom stereocenters. The summed E-state index contributed by atoms with van der Waals surface area (Å²) in [6.45, 7) is 3.96. The third-order valence-corrected chi connectivity index (χ3v) is 7.58. The van der Waals surface area contributed by atoms with Gasteiger partial charge in [-0.15, -0.1) is 23.1 Å². The van der Waals surface area contributed by atoms with E-state index in [-0.39, 0.29) is 17.1 Å². The number of aryl methyl sites for hydroxylation is 1. The van der Waals surface area contributed by atoms with E-state index in [2.05, 4.69) is 15.6 Å². The van der Waals surface area contributed by atoms with Crippen LogP contribution in [-0.4, -0.2) is 29.2 Å². The average molecular weight is 518 g/mol. The quantitative estimate of drug-likeness (QED) is 0.236. The lowest BCUT2D eigenvalue weighted by Gasteiger charge is -2.14. The Morgan fingerprint density at radius 1 is 1.03 bits per heavy atom. The summed E-state index contributed by atoms with van der Waals surface area (Å²) in [7, 11) is 1.63. The SMILES string of the molecule is CCC(Sc1cccc(NC(=O)c2ccc(C)cc2)c1)C(=O)Nc1nc(-c2ccc(OC)cc2)cs1. The summed E-state index contributed by atoms with van der Waals surface area (Å²) in [5.74, 6) is 0.509. The number of aromatic nitrogens is 1. The van der Waals surface area contributed by atoms with Crippen molar-refractivity contribution < 1.29 is 14.3 Å². The standard InChI is InChI=1S/C28H27N3O3S2/c1-4-25(27(33)31-28-30-24(17-35-28)19-12-14-22(34-3)15-13-19)36-23-7-5-6-21(16-23)29-26(32)20-10-8-18(2)9-11-20/h5-17,25H,4H2,1-3H3,(H,29,32)(H,30,31,33). The maximum Gasteiger partial charge on any atom is 0.255 e. The van der Waals surface area contributed by atoms with Crippen LogP contribution in [0.1, 0.15) is 29.3 Å². The Morgan fingerprint density at radius 2 is 1.78 bits per heavy atom. The van der Waals surface area contributed by atoms with Gasteiger partial charge in [0.1, 0.15) is 5.75 Å². The first-order chi connectivity index (χ1) is 17.4. The second-order valence-corrected chi connectivity index (χ2v) is 10.3. The maximum atomic E-state index is 13.0. The third kappa shape index (κ3) is 6.53. The summed E-state index contributed by atoms with van der Waals surface area (Å²) in [5.41, 5.74) is 4.14. The van der Waals surface area contributed by atoms with Crippen LogP contribution in [0.4, 0.5) is 10.8 Å². The Balaban J connectivity index is 1.38. The van der Waals surface area contributed by atoms with Crippen molar-refractivity contribution in [3.05, 3.63) is 89.3 Å². The first-order valence-corrected chi connectivity index (χ1v) is 13.3. The number of thiazole rings is 1. The maximum absolute atomic E-state index is 13.0. The van der Waals surface area contributed by atoms with Crippen LogP contribution in [0.3, 0.4) is 0 Å². The molecule has 0 saturated heterocycles. The van der Waals surface area contributed by atoms with Crippen LogP contribution < -0.4 is 15.4 Å². The van der Waals surface area contributed by atoms with E-state index in [1.807, 2.05) is 79.9 Å². The van der Waals surface area contributed by atoms with E-state index < -0.39 is 0 Å². The molecule has 0 radical (unpaired) electrons. The van der Waals surface area contributed by atoms with E-state index in [4.69, 9.17) is 4.74 Å². The molecular formula is C28H27N3O3S2. The van der Waals surface area contributed by atoms with Crippen molar-refractivity contribution in [2.24, 2.45) is 0 Å². The molecule has 2 N–H and O–H groups in total. The van der Waals surface area contributed by atoms with Crippen molar-refractivity contribution in [1.29, 1.82) is 0 Å². The number of thioether (sulfide) groups is 1. The molecule has 36 heavy (non-hydrogen) atoms. The largest absolute Gasteiger partial charge is 0.497 e. The molecule has 1 aromatic heterocycles. The zero-order valence-corrected chi connectivity index (χ0v) is 21.9. The van der Waals surface area contributed by atoms with Gasteiger partial charge in [0.25, 0.3) is 5.91 Å². The lowest BCUT2D eigenvalue weighted by Crippen LogP contribution is -2.24. The molecule has 1 heterocycles. The number of carbonyl (C=O) groups excluding carboxylic acids is 2. The number of hydrogen-bond donors (Lipinski definition) is 2. The monoisotopic (exact) mass is 517 g/mol. The van der Waals surface area contributed by atoms with Crippen LogP contribution in [0.2, 0.25) is 0 Å². The number of amides is 2. The zero-order valence-electron chi connectivity index (χ0n) is 20.3. The Morgan fingerprint density at radius 3 is 2.47 bits per heavy atom. The average Bonchev–Trinajstić information content (AvgIpc) is 3.36. The van der Waals surface area contributed by atoms with Crippen molar-refractivity contribution in [1.82, 2.24) is 4.98 Å². The molecule has 0 saturated carbocycles. The Bertz CT molecular complexity index is 1330. The van der Waals surface area contributed by atoms with Crippen molar-refractivity contribution in [2.45, 2.75) is 30.4 Å². The second kappa shape index (κ2) is 11.9. The van der Waals surface area contributed by atoms with Gasteiger partial charge in [-0.05, 0) is 67.9 Å². The molecule has 6 nitrogen and oxygen atoms in total. The highest BCUT2D eigenvalue weighted by atomic mass is 32.2. The minimum absolute atomic E-state index is 0.104. The fourth-order valence-corrected chi connectivity index (χ4v) is 5.19. The van der Waals surface area contributed by atoms with Gasteiger partial charge in [-0.25, -0.2) is 4.98 Å². The Labute approximate surface area is 219 Å². The van der Waals surface area contributed by atoms with Gasteiger partial charge in [0, 0.05) is 27.1 Å². The molecule has 8 heteroatoms. The molecule has 2 amide bonds. The van der Waals surface area contributed by atoms with Crippen LogP contribution in [0.15, 0.2) is 83.1 Å². The minimum atomic E-state index is -0.304. The molecule has 0 aliphatic heterocycles. The summed E-state index contributed by atoms with van der Waals surface area (Å²) < 4.78 is 5.20. The molecule has 0 bridgehead atoms. The van der Waals surface area contributed by atoms with Crippen molar-refractivity contribution in [2.75, 3.05) is 17.7 Å². The summed E-state index contributed by atoms with van der Waals surface area (Å²) >= 11 is 2.86. The molecule has 0 aliphatic rings. The van der Waals surface area contributed by atoms with Crippen LogP contribution in [0.25, 0.3) is 11.3 Å². The third-order valence-electron chi connectivity index (χ3n) is 5.47. The fourth-order valence-electron chi connectivity index (χ4n) is 3.45. The van der Waals surface area contributed by atoms with Crippen molar-refractivity contribution in [3.8, 4) is 17.0 Å². The lowest BCUT2D eigenvalue weighted by atomic mass is 10.1. The Hall–Kier alpha value is -3.62. The second-order valence-electron chi connectivity index (χ2n) is 8.12. The number of benzene rings is 3. The van der Waals surface area contributed by atoms with Crippen molar-refractivity contribution in [3.63, 3.8) is 0 Å². The van der Waals surface area contributed by atoms with E-state index in [1.54, 1.807) is 19.2 Å². The molecule has 4 rings (SSSR count). The molecule has 3 aromatic carbocycles. The summed E-state index contributed by atoms with van der Waals surface area (Å²) in [4.78, 5) is 31.0.